The number of nitrogens with zero attached hydrogens (tertiary/aromatic N) is 1. The van der Waals surface area contributed by atoms with E-state index in [1.54, 1.807) is 24.3 Å². The van der Waals surface area contributed by atoms with Gasteiger partial charge >= 0.3 is 5.69 Å². The van der Waals surface area contributed by atoms with Gasteiger partial charge in [-0.1, -0.05) is 29.8 Å². The van der Waals surface area contributed by atoms with Gasteiger partial charge in [-0.15, -0.1) is 0 Å². The first-order valence-corrected chi connectivity index (χ1v) is 9.44. The Hall–Kier alpha value is -3.72. The topological polar surface area (TPSA) is 112 Å². The lowest BCUT2D eigenvalue weighted by atomic mass is 10.2. The van der Waals surface area contributed by atoms with E-state index in [0.29, 0.717) is 33.5 Å². The molecule has 1 heterocycles. The average molecular weight is 446 g/mol. The summed E-state index contributed by atoms with van der Waals surface area (Å²) >= 11 is 6.13. The van der Waals surface area contributed by atoms with Crippen molar-refractivity contribution in [3.05, 3.63) is 79.6 Å². The maximum absolute atomic E-state index is 12.9. The molecule has 0 saturated carbocycles. The van der Waals surface area contributed by atoms with Crippen molar-refractivity contribution in [1.82, 2.24) is 9.55 Å². The summed E-state index contributed by atoms with van der Waals surface area (Å²) in [4.78, 5) is 40.3. The molecular weight excluding hydrogens is 426 g/mol. The third kappa shape index (κ3) is 4.56. The van der Waals surface area contributed by atoms with Crippen LogP contribution in [0.15, 0.2) is 52.2 Å². The van der Waals surface area contributed by atoms with Crippen LogP contribution >= 0.6 is 11.6 Å². The predicted molar refractivity (Wildman–Crippen MR) is 116 cm³/mol. The molecule has 2 aromatic carbocycles. The van der Waals surface area contributed by atoms with Gasteiger partial charge in [0, 0.05) is 29.0 Å². The molecule has 3 rings (SSSR count). The lowest BCUT2D eigenvalue weighted by Gasteiger charge is -2.14. The van der Waals surface area contributed by atoms with Gasteiger partial charge in [-0.3, -0.25) is 14.2 Å². The summed E-state index contributed by atoms with van der Waals surface area (Å²) in [5, 5.41) is 3.01. The molecule has 0 aliphatic carbocycles. The number of aromatic nitrogens is 2. The van der Waals surface area contributed by atoms with E-state index in [1.165, 1.54) is 33.5 Å². The molecule has 1 amide bonds. The summed E-state index contributed by atoms with van der Waals surface area (Å²) in [5.41, 5.74) is -0.787. The van der Waals surface area contributed by atoms with E-state index in [4.69, 9.17) is 25.8 Å². The SMILES string of the molecule is COc1cc(NC(=O)c2c[nH]c(=O)n(Cc3ccccc3Cl)c2=O)cc(OC)c1OC. The summed E-state index contributed by atoms with van der Waals surface area (Å²) in [7, 11) is 4.34. The molecule has 9 nitrogen and oxygen atoms in total. The van der Waals surface area contributed by atoms with E-state index >= 15 is 0 Å². The third-order valence-electron chi connectivity index (χ3n) is 4.51. The first-order valence-electron chi connectivity index (χ1n) is 9.06. The van der Waals surface area contributed by atoms with Crippen LogP contribution in [0.1, 0.15) is 15.9 Å². The smallest absolute Gasteiger partial charge is 0.328 e. The fourth-order valence-corrected chi connectivity index (χ4v) is 3.16. The Morgan fingerprint density at radius 2 is 1.71 bits per heavy atom. The summed E-state index contributed by atoms with van der Waals surface area (Å²) in [6.45, 7) is -0.0842. The second-order valence-electron chi connectivity index (χ2n) is 6.36. The zero-order chi connectivity index (χ0) is 22.5. The van der Waals surface area contributed by atoms with Crippen molar-refractivity contribution in [2.24, 2.45) is 0 Å². The second-order valence-corrected chi connectivity index (χ2v) is 6.77. The Morgan fingerprint density at radius 3 is 2.29 bits per heavy atom. The van der Waals surface area contributed by atoms with Crippen molar-refractivity contribution in [3.63, 3.8) is 0 Å². The molecule has 162 valence electrons. The van der Waals surface area contributed by atoms with Crippen molar-refractivity contribution < 1.29 is 19.0 Å². The Morgan fingerprint density at radius 1 is 1.06 bits per heavy atom. The Bertz CT molecular complexity index is 1210. The number of aromatic amines is 1. The van der Waals surface area contributed by atoms with E-state index in [1.807, 2.05) is 0 Å². The molecule has 10 heteroatoms. The third-order valence-corrected chi connectivity index (χ3v) is 4.88. The standard InChI is InChI=1S/C21H20ClN3O6/c1-29-16-8-13(9-17(30-2)18(16)31-3)24-19(26)14-10-23-21(28)25(20(14)27)11-12-6-4-5-7-15(12)22/h4-10H,11H2,1-3H3,(H,23,28)(H,24,26). The number of hydrogen-bond acceptors (Lipinski definition) is 6. The molecule has 0 radical (unpaired) electrons. The van der Waals surface area contributed by atoms with Gasteiger partial charge in [0.1, 0.15) is 5.56 Å². The van der Waals surface area contributed by atoms with Crippen LogP contribution in [0, 0.1) is 0 Å². The molecule has 0 aliphatic heterocycles. The Kier molecular flexibility index (Phi) is 6.66. The lowest BCUT2D eigenvalue weighted by Crippen LogP contribution is -2.39. The highest BCUT2D eigenvalue weighted by atomic mass is 35.5. The lowest BCUT2D eigenvalue weighted by molar-refractivity contribution is 0.102. The van der Waals surface area contributed by atoms with Crippen LogP contribution < -0.4 is 30.8 Å². The minimum Gasteiger partial charge on any atom is -0.493 e. The predicted octanol–water partition coefficient (Wildman–Crippen LogP) is 2.52. The minimum atomic E-state index is -0.756. The van der Waals surface area contributed by atoms with Gasteiger partial charge < -0.3 is 24.5 Å². The monoisotopic (exact) mass is 445 g/mol. The molecular formula is C21H20ClN3O6. The number of methoxy groups -OCH3 is 3. The maximum Gasteiger partial charge on any atom is 0.328 e. The number of amides is 1. The molecule has 31 heavy (non-hydrogen) atoms. The first kappa shape index (κ1) is 22.0. The van der Waals surface area contributed by atoms with Gasteiger partial charge in [0.2, 0.25) is 5.75 Å². The van der Waals surface area contributed by atoms with Crippen LogP contribution in [0.2, 0.25) is 5.02 Å². The molecule has 0 bridgehead atoms. The summed E-state index contributed by atoms with van der Waals surface area (Å²) in [6.07, 6.45) is 1.07. The van der Waals surface area contributed by atoms with Crippen molar-refractivity contribution in [3.8, 4) is 17.2 Å². The molecule has 0 atom stereocenters. The van der Waals surface area contributed by atoms with Crippen LogP contribution in [0.4, 0.5) is 5.69 Å². The molecule has 0 spiro atoms. The van der Waals surface area contributed by atoms with Crippen LogP contribution in [-0.2, 0) is 6.54 Å². The number of anilines is 1. The second kappa shape index (κ2) is 9.40. The number of carbonyl (C=O) groups is 1. The van der Waals surface area contributed by atoms with Crippen LogP contribution in [0.5, 0.6) is 17.2 Å². The van der Waals surface area contributed by atoms with Gasteiger partial charge in [0.25, 0.3) is 11.5 Å². The average Bonchev–Trinajstić information content (AvgIpc) is 2.76. The molecule has 0 unspecified atom stereocenters. The van der Waals surface area contributed by atoms with Crippen LogP contribution in [-0.4, -0.2) is 36.8 Å². The number of ether oxygens (including phenoxy) is 3. The number of nitrogens with one attached hydrogen (secondary N) is 2. The zero-order valence-electron chi connectivity index (χ0n) is 17.0. The first-order chi connectivity index (χ1) is 14.9. The van der Waals surface area contributed by atoms with Crippen molar-refractivity contribution in [2.45, 2.75) is 6.54 Å². The van der Waals surface area contributed by atoms with Crippen molar-refractivity contribution in [2.75, 3.05) is 26.6 Å². The van der Waals surface area contributed by atoms with Crippen molar-refractivity contribution in [1.29, 1.82) is 0 Å². The summed E-state index contributed by atoms with van der Waals surface area (Å²) < 4.78 is 16.7. The van der Waals surface area contributed by atoms with Crippen LogP contribution in [0.3, 0.4) is 0 Å². The van der Waals surface area contributed by atoms with Crippen molar-refractivity contribution >= 4 is 23.2 Å². The summed E-state index contributed by atoms with van der Waals surface area (Å²) in [5.74, 6) is 0.294. The highest BCUT2D eigenvalue weighted by molar-refractivity contribution is 6.31. The quantitative estimate of drug-likeness (QED) is 0.578. The molecule has 3 aromatic rings. The number of H-pyrrole nitrogens is 1. The number of benzene rings is 2. The Labute approximate surface area is 182 Å². The normalized spacial score (nSPS) is 10.5. The number of rotatable bonds is 7. The number of halogens is 1. The minimum absolute atomic E-state index is 0.0842. The van der Waals surface area contributed by atoms with E-state index in [2.05, 4.69) is 10.3 Å². The van der Waals surface area contributed by atoms with Gasteiger partial charge in [-0.25, -0.2) is 4.79 Å². The number of carbonyl (C=O) groups excluding carboxylic acids is 1. The van der Waals surface area contributed by atoms with E-state index < -0.39 is 17.2 Å². The highest BCUT2D eigenvalue weighted by Crippen LogP contribution is 2.39. The van der Waals surface area contributed by atoms with Gasteiger partial charge in [0.15, 0.2) is 11.5 Å². The van der Waals surface area contributed by atoms with Gasteiger partial charge in [-0.05, 0) is 11.6 Å². The fourth-order valence-electron chi connectivity index (χ4n) is 2.97. The molecule has 0 saturated heterocycles. The van der Waals surface area contributed by atoms with Gasteiger partial charge in [-0.2, -0.15) is 0 Å². The zero-order valence-corrected chi connectivity index (χ0v) is 17.8. The molecule has 0 fully saturated rings. The Balaban J connectivity index is 1.95. The van der Waals surface area contributed by atoms with E-state index in [0.717, 1.165) is 10.8 Å². The highest BCUT2D eigenvalue weighted by Gasteiger charge is 2.18. The van der Waals surface area contributed by atoms with Gasteiger partial charge in [0.05, 0.1) is 27.9 Å². The number of hydrogen-bond donors (Lipinski definition) is 2. The van der Waals surface area contributed by atoms with E-state index in [9.17, 15) is 14.4 Å². The molecule has 0 aliphatic rings. The largest absolute Gasteiger partial charge is 0.493 e. The maximum atomic E-state index is 12.9. The molecule has 1 aromatic heterocycles. The fraction of sp³-hybridized carbons (Fsp3) is 0.190. The van der Waals surface area contributed by atoms with Crippen LogP contribution in [0.25, 0.3) is 0 Å². The summed E-state index contributed by atoms with van der Waals surface area (Å²) in [6, 6.07) is 9.86. The van der Waals surface area contributed by atoms with E-state index in [-0.39, 0.29) is 12.1 Å². The molecule has 2 N–H and O–H groups in total.